The van der Waals surface area contributed by atoms with Crippen LogP contribution in [0.5, 0.6) is 0 Å². The van der Waals surface area contributed by atoms with Crippen molar-refractivity contribution >= 4 is 23.1 Å². The van der Waals surface area contributed by atoms with E-state index in [4.69, 9.17) is 18.0 Å². The largest absolute Gasteiger partial charge is 0.389 e. The lowest BCUT2D eigenvalue weighted by Gasteiger charge is -2.30. The number of likely N-dealkylation sites (tertiary alicyclic amines) is 1. The van der Waals surface area contributed by atoms with E-state index in [0.717, 1.165) is 24.9 Å². The lowest BCUT2D eigenvalue weighted by Crippen LogP contribution is -2.39. The number of hydrogen-bond donors (Lipinski definition) is 1. The van der Waals surface area contributed by atoms with Crippen molar-refractivity contribution in [1.29, 1.82) is 0 Å². The number of carbonyl (C=O) groups is 1. The zero-order valence-electron chi connectivity index (χ0n) is 10.9. The summed E-state index contributed by atoms with van der Waals surface area (Å²) in [6.45, 7) is 3.18. The maximum atomic E-state index is 13.5. The maximum absolute atomic E-state index is 13.5. The first kappa shape index (κ1) is 13.9. The Morgan fingerprint density at radius 2 is 2.32 bits per heavy atom. The molecule has 19 heavy (non-hydrogen) atoms. The molecule has 1 amide bonds. The van der Waals surface area contributed by atoms with Gasteiger partial charge < -0.3 is 10.6 Å². The lowest BCUT2D eigenvalue weighted by atomic mass is 9.98. The van der Waals surface area contributed by atoms with Crippen LogP contribution in [0.15, 0.2) is 18.2 Å². The molecule has 3 nitrogen and oxygen atoms in total. The third kappa shape index (κ3) is 3.10. The molecule has 1 atom stereocenters. The molecule has 0 aliphatic carbocycles. The van der Waals surface area contributed by atoms with Crippen LogP contribution >= 0.6 is 12.2 Å². The summed E-state index contributed by atoms with van der Waals surface area (Å²) in [6.07, 6.45) is 1.95. The summed E-state index contributed by atoms with van der Waals surface area (Å²) in [4.78, 5) is 13.9. The van der Waals surface area contributed by atoms with Crippen LogP contribution in [0.25, 0.3) is 0 Å². The van der Waals surface area contributed by atoms with Gasteiger partial charge in [-0.05, 0) is 30.5 Å². The quantitative estimate of drug-likeness (QED) is 0.864. The summed E-state index contributed by atoms with van der Waals surface area (Å²) in [6, 6.07) is 4.65. The van der Waals surface area contributed by atoms with Crippen molar-refractivity contribution in [2.45, 2.75) is 26.3 Å². The summed E-state index contributed by atoms with van der Waals surface area (Å²) in [5.74, 6) is -0.189. The van der Waals surface area contributed by atoms with Crippen LogP contribution in [0.4, 0.5) is 4.39 Å². The van der Waals surface area contributed by atoms with Gasteiger partial charge in [-0.1, -0.05) is 25.2 Å². The van der Waals surface area contributed by atoms with Gasteiger partial charge in [-0.25, -0.2) is 4.39 Å². The molecular weight excluding hydrogens is 263 g/mol. The minimum absolute atomic E-state index is 0.0395. The molecule has 1 aliphatic rings. The zero-order valence-corrected chi connectivity index (χ0v) is 11.7. The van der Waals surface area contributed by atoms with Crippen LogP contribution in [-0.2, 0) is 11.3 Å². The first-order valence-corrected chi connectivity index (χ1v) is 6.77. The van der Waals surface area contributed by atoms with E-state index in [0.29, 0.717) is 6.54 Å². The van der Waals surface area contributed by atoms with Crippen molar-refractivity contribution in [2.75, 3.05) is 6.54 Å². The van der Waals surface area contributed by atoms with E-state index >= 15 is 0 Å². The fraction of sp³-hybridized carbons (Fsp3) is 0.429. The Kier molecular flexibility index (Phi) is 4.14. The lowest BCUT2D eigenvalue weighted by molar-refractivity contribution is -0.138. The predicted octanol–water partition coefficient (Wildman–Crippen LogP) is 2.22. The van der Waals surface area contributed by atoms with Crippen LogP contribution in [0.1, 0.15) is 30.9 Å². The van der Waals surface area contributed by atoms with Gasteiger partial charge in [0.05, 0.1) is 0 Å². The van der Waals surface area contributed by atoms with E-state index in [1.165, 1.54) is 6.07 Å². The highest BCUT2D eigenvalue weighted by Gasteiger charge is 2.25. The SMILES string of the molecule is CC1CCCN(Cc2ccc(F)c(C(N)=S)c2)C1=O. The van der Waals surface area contributed by atoms with Crippen molar-refractivity contribution in [3.63, 3.8) is 0 Å². The molecule has 2 rings (SSSR count). The number of halogens is 1. The second-order valence-electron chi connectivity index (χ2n) is 4.98. The highest BCUT2D eigenvalue weighted by atomic mass is 32.1. The Labute approximate surface area is 117 Å². The Morgan fingerprint density at radius 1 is 1.58 bits per heavy atom. The molecule has 1 unspecified atom stereocenters. The molecule has 1 aliphatic heterocycles. The van der Waals surface area contributed by atoms with Crippen molar-refractivity contribution in [1.82, 2.24) is 4.90 Å². The van der Waals surface area contributed by atoms with E-state index in [1.54, 1.807) is 12.1 Å². The van der Waals surface area contributed by atoms with Gasteiger partial charge in [-0.2, -0.15) is 0 Å². The summed E-state index contributed by atoms with van der Waals surface area (Å²) >= 11 is 4.81. The molecule has 0 radical (unpaired) electrons. The summed E-state index contributed by atoms with van der Waals surface area (Å²) in [7, 11) is 0. The van der Waals surface area contributed by atoms with Crippen molar-refractivity contribution in [2.24, 2.45) is 11.7 Å². The zero-order chi connectivity index (χ0) is 14.0. The van der Waals surface area contributed by atoms with Gasteiger partial charge in [0.15, 0.2) is 0 Å². The molecule has 102 valence electrons. The summed E-state index contributed by atoms with van der Waals surface area (Å²) in [5.41, 5.74) is 6.57. The van der Waals surface area contributed by atoms with Gasteiger partial charge in [0.2, 0.25) is 5.91 Å². The Balaban J connectivity index is 2.17. The van der Waals surface area contributed by atoms with Crippen LogP contribution in [0, 0.1) is 11.7 Å². The molecule has 1 aromatic carbocycles. The van der Waals surface area contributed by atoms with E-state index in [2.05, 4.69) is 0 Å². The Bertz CT molecular complexity index is 518. The van der Waals surface area contributed by atoms with Crippen LogP contribution in [-0.4, -0.2) is 22.3 Å². The minimum atomic E-state index is -0.422. The van der Waals surface area contributed by atoms with Crippen LogP contribution < -0.4 is 5.73 Å². The van der Waals surface area contributed by atoms with Gasteiger partial charge in [0.25, 0.3) is 0 Å². The molecule has 5 heteroatoms. The van der Waals surface area contributed by atoms with Gasteiger partial charge in [-0.3, -0.25) is 4.79 Å². The van der Waals surface area contributed by atoms with Crippen LogP contribution in [0.3, 0.4) is 0 Å². The number of hydrogen-bond acceptors (Lipinski definition) is 2. The smallest absolute Gasteiger partial charge is 0.225 e. The van der Waals surface area contributed by atoms with Gasteiger partial charge in [-0.15, -0.1) is 0 Å². The molecule has 1 heterocycles. The Morgan fingerprint density at radius 3 is 3.00 bits per heavy atom. The average molecular weight is 280 g/mol. The van der Waals surface area contributed by atoms with Crippen molar-refractivity contribution in [3.05, 3.63) is 35.1 Å². The minimum Gasteiger partial charge on any atom is -0.389 e. The third-order valence-corrected chi connectivity index (χ3v) is 3.69. The first-order valence-electron chi connectivity index (χ1n) is 6.36. The third-order valence-electron chi connectivity index (χ3n) is 3.47. The van der Waals surface area contributed by atoms with E-state index in [9.17, 15) is 9.18 Å². The number of carbonyl (C=O) groups excluding carboxylic acids is 1. The van der Waals surface area contributed by atoms with Crippen molar-refractivity contribution in [3.8, 4) is 0 Å². The summed E-state index contributed by atoms with van der Waals surface area (Å²) in [5, 5.41) is 0. The second kappa shape index (κ2) is 5.65. The molecular formula is C14H17FN2OS. The first-order chi connectivity index (χ1) is 8.99. The monoisotopic (exact) mass is 280 g/mol. The number of amides is 1. The maximum Gasteiger partial charge on any atom is 0.225 e. The highest BCUT2D eigenvalue weighted by Crippen LogP contribution is 2.20. The van der Waals surface area contributed by atoms with E-state index in [1.807, 2.05) is 11.8 Å². The molecule has 1 saturated heterocycles. The molecule has 0 saturated carbocycles. The highest BCUT2D eigenvalue weighted by molar-refractivity contribution is 7.80. The summed E-state index contributed by atoms with van der Waals surface area (Å²) < 4.78 is 13.5. The molecule has 2 N–H and O–H groups in total. The number of piperidine rings is 1. The van der Waals surface area contributed by atoms with E-state index < -0.39 is 5.82 Å². The fourth-order valence-corrected chi connectivity index (χ4v) is 2.53. The Hall–Kier alpha value is -1.49. The van der Waals surface area contributed by atoms with Gasteiger partial charge in [0, 0.05) is 24.6 Å². The van der Waals surface area contributed by atoms with Crippen molar-refractivity contribution < 1.29 is 9.18 Å². The molecule has 0 bridgehead atoms. The molecule has 0 aromatic heterocycles. The predicted molar refractivity (Wildman–Crippen MR) is 76.1 cm³/mol. The van der Waals surface area contributed by atoms with Gasteiger partial charge in [0.1, 0.15) is 10.8 Å². The molecule has 1 aromatic rings. The van der Waals surface area contributed by atoms with Crippen LogP contribution in [0.2, 0.25) is 0 Å². The number of benzene rings is 1. The number of nitrogens with zero attached hydrogens (tertiary/aromatic N) is 1. The number of nitrogens with two attached hydrogens (primary N) is 1. The topological polar surface area (TPSA) is 46.3 Å². The van der Waals surface area contributed by atoms with Gasteiger partial charge >= 0.3 is 0 Å². The van der Waals surface area contributed by atoms with E-state index in [-0.39, 0.29) is 22.4 Å². The normalized spacial score (nSPS) is 19.6. The molecule has 1 fully saturated rings. The number of thiocarbonyl (C=S) groups is 1. The molecule has 0 spiro atoms. The number of rotatable bonds is 3. The average Bonchev–Trinajstić information content (AvgIpc) is 2.37. The fourth-order valence-electron chi connectivity index (χ4n) is 2.37. The second-order valence-corrected chi connectivity index (χ2v) is 5.42. The standard InChI is InChI=1S/C14H17FN2OS/c1-9-3-2-6-17(14(9)18)8-10-4-5-12(15)11(7-10)13(16)19/h4-5,7,9H,2-3,6,8H2,1H3,(H2,16,19).